The number of rotatable bonds is 7. The van der Waals surface area contributed by atoms with E-state index in [-0.39, 0.29) is 5.69 Å². The molecule has 0 fully saturated rings. The average molecular weight is 667 g/mol. The van der Waals surface area contributed by atoms with Crippen molar-refractivity contribution < 1.29 is 8.83 Å². The van der Waals surface area contributed by atoms with Crippen LogP contribution in [0.5, 0.6) is 0 Å². The third-order valence-electron chi connectivity index (χ3n) is 9.91. The fourth-order valence-corrected chi connectivity index (χ4v) is 7.24. The molecule has 6 aromatic carbocycles. The fourth-order valence-electron chi connectivity index (χ4n) is 7.24. The Morgan fingerprint density at radius 3 is 2.24 bits per heavy atom. The van der Waals surface area contributed by atoms with Gasteiger partial charge in [-0.15, -0.1) is 0 Å². The van der Waals surface area contributed by atoms with Crippen LogP contribution in [0.15, 0.2) is 154 Å². The Kier molecular flexibility index (Phi) is 7.05. The molecule has 248 valence electrons. The molecule has 0 aliphatic carbocycles. The van der Waals surface area contributed by atoms with Crippen LogP contribution in [0.2, 0.25) is 0 Å². The van der Waals surface area contributed by atoms with Crippen molar-refractivity contribution in [1.82, 2.24) is 14.5 Å². The van der Waals surface area contributed by atoms with Gasteiger partial charge in [-0.25, -0.2) is 4.79 Å². The van der Waals surface area contributed by atoms with Gasteiger partial charge in [-0.2, -0.15) is 0 Å². The standard InChI is InChI=1S/C44H34N4O3/c1-26(31-16-10-18-39-42(31)34-25-40-33(24-41(34)51-39)32-15-7-8-17-38(32)50-40)21-35(46-43(45)27-11-5-4-6-12-27)30-14-9-13-28(22-30)29-19-20-36-37(23-29)48(3)44(49)47(36)2/h4-25,43,46H,1,45H2,2-3H3/b35-21-. The van der Waals surface area contributed by atoms with E-state index in [1.807, 2.05) is 72.8 Å². The second kappa shape index (κ2) is 11.8. The van der Waals surface area contributed by atoms with Crippen molar-refractivity contribution in [2.45, 2.75) is 6.17 Å². The number of benzene rings is 6. The third kappa shape index (κ3) is 5.06. The van der Waals surface area contributed by atoms with Gasteiger partial charge < -0.3 is 19.9 Å². The van der Waals surface area contributed by atoms with Gasteiger partial charge >= 0.3 is 5.69 Å². The number of nitrogens with one attached hydrogen (secondary N) is 1. The van der Waals surface area contributed by atoms with E-state index >= 15 is 0 Å². The molecule has 9 aromatic rings. The van der Waals surface area contributed by atoms with Crippen molar-refractivity contribution in [2.24, 2.45) is 19.8 Å². The van der Waals surface area contributed by atoms with Crippen molar-refractivity contribution >= 4 is 66.2 Å². The molecule has 1 atom stereocenters. The van der Waals surface area contributed by atoms with E-state index in [1.54, 1.807) is 23.2 Å². The third-order valence-corrected chi connectivity index (χ3v) is 9.91. The van der Waals surface area contributed by atoms with Crippen LogP contribution in [0.25, 0.3) is 77.3 Å². The molecule has 0 bridgehead atoms. The number of allylic oxidation sites excluding steroid dienone is 2. The van der Waals surface area contributed by atoms with Crippen molar-refractivity contribution in [3.05, 3.63) is 167 Å². The molecule has 3 N–H and O–H groups in total. The highest BCUT2D eigenvalue weighted by atomic mass is 16.3. The van der Waals surface area contributed by atoms with Crippen molar-refractivity contribution in [1.29, 1.82) is 0 Å². The first-order valence-electron chi connectivity index (χ1n) is 16.8. The van der Waals surface area contributed by atoms with Crippen molar-refractivity contribution in [2.75, 3.05) is 0 Å². The lowest BCUT2D eigenvalue weighted by Crippen LogP contribution is -2.27. The van der Waals surface area contributed by atoms with Crippen LogP contribution in [0.1, 0.15) is 22.9 Å². The fraction of sp³-hybridized carbons (Fsp3) is 0.0682. The van der Waals surface area contributed by atoms with Crippen LogP contribution in [0.3, 0.4) is 0 Å². The Bertz CT molecular complexity index is 2920. The van der Waals surface area contributed by atoms with Gasteiger partial charge in [0.2, 0.25) is 0 Å². The van der Waals surface area contributed by atoms with Gasteiger partial charge in [0, 0.05) is 41.3 Å². The average Bonchev–Trinajstić information content (AvgIpc) is 3.79. The number of nitrogens with zero attached hydrogens (tertiary/aromatic N) is 2. The number of fused-ring (bicyclic) bond motifs is 7. The molecular formula is C44H34N4O3. The van der Waals surface area contributed by atoms with E-state index in [0.29, 0.717) is 0 Å². The van der Waals surface area contributed by atoms with Gasteiger partial charge in [-0.3, -0.25) is 9.13 Å². The first-order chi connectivity index (χ1) is 24.8. The van der Waals surface area contributed by atoms with E-state index in [4.69, 9.17) is 14.6 Å². The highest BCUT2D eigenvalue weighted by Gasteiger charge is 2.18. The summed E-state index contributed by atoms with van der Waals surface area (Å²) in [5.41, 5.74) is 18.2. The Labute approximate surface area is 293 Å². The van der Waals surface area contributed by atoms with E-state index in [2.05, 4.69) is 72.6 Å². The van der Waals surface area contributed by atoms with Crippen LogP contribution in [-0.4, -0.2) is 9.13 Å². The lowest BCUT2D eigenvalue weighted by Gasteiger charge is -2.20. The summed E-state index contributed by atoms with van der Waals surface area (Å²) in [6.45, 7) is 4.58. The van der Waals surface area contributed by atoms with Crippen LogP contribution >= 0.6 is 0 Å². The molecule has 0 radical (unpaired) electrons. The van der Waals surface area contributed by atoms with Gasteiger partial charge in [-0.05, 0) is 81.9 Å². The minimum absolute atomic E-state index is 0.0545. The summed E-state index contributed by atoms with van der Waals surface area (Å²) in [5, 5.41) is 7.60. The van der Waals surface area contributed by atoms with Gasteiger partial charge in [0.1, 0.15) is 28.5 Å². The van der Waals surface area contributed by atoms with Crippen LogP contribution < -0.4 is 16.7 Å². The van der Waals surface area contributed by atoms with E-state index in [1.165, 1.54) is 0 Å². The Hall–Kier alpha value is -6.57. The van der Waals surface area contributed by atoms with Gasteiger partial charge in [0.25, 0.3) is 0 Å². The predicted molar refractivity (Wildman–Crippen MR) is 208 cm³/mol. The van der Waals surface area contributed by atoms with Gasteiger partial charge in [0.05, 0.1) is 11.0 Å². The van der Waals surface area contributed by atoms with Gasteiger partial charge in [0.15, 0.2) is 0 Å². The quantitative estimate of drug-likeness (QED) is 0.131. The molecule has 0 spiro atoms. The zero-order chi connectivity index (χ0) is 34.8. The molecule has 7 heteroatoms. The number of hydrogen-bond acceptors (Lipinski definition) is 5. The number of hydrogen-bond donors (Lipinski definition) is 2. The highest BCUT2D eigenvalue weighted by molar-refractivity contribution is 6.17. The maximum absolute atomic E-state index is 12.6. The summed E-state index contributed by atoms with van der Waals surface area (Å²) < 4.78 is 16.0. The molecule has 7 nitrogen and oxygen atoms in total. The minimum Gasteiger partial charge on any atom is -0.456 e. The molecule has 3 heterocycles. The number of furan rings is 2. The normalized spacial score (nSPS) is 12.8. The SMILES string of the molecule is C=C(/C=C(\NC(N)c1ccccc1)c1cccc(-c2ccc3c(c2)n(C)c(=O)n3C)c1)c1cccc2oc3cc4c(cc3c12)oc1ccccc14. The second-order valence-electron chi connectivity index (χ2n) is 13.0. The molecule has 0 aliphatic rings. The summed E-state index contributed by atoms with van der Waals surface area (Å²) in [4.78, 5) is 12.6. The summed E-state index contributed by atoms with van der Waals surface area (Å²) >= 11 is 0. The zero-order valence-electron chi connectivity index (χ0n) is 28.2. The number of aryl methyl sites for hydroxylation is 2. The second-order valence-corrected chi connectivity index (χ2v) is 13.0. The van der Waals surface area contributed by atoms with Crippen molar-refractivity contribution in [3.63, 3.8) is 0 Å². The summed E-state index contributed by atoms with van der Waals surface area (Å²) in [6.07, 6.45) is 1.58. The predicted octanol–water partition coefficient (Wildman–Crippen LogP) is 9.64. The van der Waals surface area contributed by atoms with Crippen LogP contribution in [0.4, 0.5) is 0 Å². The Balaban J connectivity index is 1.17. The number of nitrogens with two attached hydrogens (primary N) is 1. The first kappa shape index (κ1) is 30.5. The van der Waals surface area contributed by atoms with Crippen LogP contribution in [-0.2, 0) is 14.1 Å². The summed E-state index contributed by atoms with van der Waals surface area (Å²) in [6, 6.07) is 42.6. The topological polar surface area (TPSA) is 91.3 Å². The molecule has 0 saturated carbocycles. The number of imidazole rings is 1. The largest absolute Gasteiger partial charge is 0.456 e. The number of para-hydroxylation sites is 1. The van der Waals surface area contributed by atoms with Gasteiger partial charge in [-0.1, -0.05) is 91.5 Å². The van der Waals surface area contributed by atoms with Crippen molar-refractivity contribution in [3.8, 4) is 11.1 Å². The van der Waals surface area contributed by atoms with E-state index in [0.717, 1.165) is 94.0 Å². The molecule has 9 rings (SSSR count). The van der Waals surface area contributed by atoms with E-state index in [9.17, 15) is 4.79 Å². The molecular weight excluding hydrogens is 633 g/mol. The molecule has 3 aromatic heterocycles. The lowest BCUT2D eigenvalue weighted by molar-refractivity contribution is 0.664. The molecule has 51 heavy (non-hydrogen) atoms. The molecule has 0 aliphatic heterocycles. The van der Waals surface area contributed by atoms with Crippen LogP contribution in [0, 0.1) is 0 Å². The maximum Gasteiger partial charge on any atom is 0.328 e. The zero-order valence-corrected chi connectivity index (χ0v) is 28.2. The number of aromatic nitrogens is 2. The first-order valence-corrected chi connectivity index (χ1v) is 16.8. The maximum atomic E-state index is 12.6. The van der Waals surface area contributed by atoms with E-state index < -0.39 is 6.17 Å². The Morgan fingerprint density at radius 2 is 1.37 bits per heavy atom. The lowest BCUT2D eigenvalue weighted by atomic mass is 9.96. The minimum atomic E-state index is -0.476. The Morgan fingerprint density at radius 1 is 0.686 bits per heavy atom. The summed E-state index contributed by atoms with van der Waals surface area (Å²) in [7, 11) is 3.60. The molecule has 1 unspecified atom stereocenters. The highest BCUT2D eigenvalue weighted by Crippen LogP contribution is 2.40. The smallest absolute Gasteiger partial charge is 0.328 e. The molecule has 0 amide bonds. The summed E-state index contributed by atoms with van der Waals surface area (Å²) in [5.74, 6) is 0. The molecule has 0 saturated heterocycles. The monoisotopic (exact) mass is 666 g/mol.